The third kappa shape index (κ3) is 4.88. The fraction of sp³-hybridized carbons (Fsp3) is 0.312. The number of pyridine rings is 2. The molecule has 0 bridgehead atoms. The van der Waals surface area contributed by atoms with Crippen LogP contribution >= 0.6 is 0 Å². The summed E-state index contributed by atoms with van der Waals surface area (Å²) in [4.78, 5) is 30.9. The van der Waals surface area contributed by atoms with Crippen molar-refractivity contribution in [1.29, 1.82) is 0 Å². The van der Waals surface area contributed by atoms with Gasteiger partial charge in [-0.2, -0.15) is 5.10 Å². The molecule has 44 heavy (non-hydrogen) atoms. The molecule has 1 aliphatic heterocycles. The van der Waals surface area contributed by atoms with E-state index in [9.17, 15) is 18.4 Å². The number of hydrogen-bond acceptors (Lipinski definition) is 5. The first-order valence-electron chi connectivity index (χ1n) is 14.5. The lowest BCUT2D eigenvalue weighted by Gasteiger charge is -2.32. The molecule has 7 rings (SSSR count). The van der Waals surface area contributed by atoms with E-state index in [0.29, 0.717) is 40.6 Å². The minimum atomic E-state index is -1.23. The number of piperidine rings is 1. The van der Waals surface area contributed by atoms with Gasteiger partial charge in [0.1, 0.15) is 34.7 Å². The number of halogens is 3. The minimum absolute atomic E-state index is 0.0600. The van der Waals surface area contributed by atoms with Gasteiger partial charge in [0.05, 0.1) is 29.1 Å². The molecule has 1 saturated carbocycles. The molecule has 2 atom stereocenters. The Morgan fingerprint density at radius 2 is 1.84 bits per heavy atom. The molecule has 12 heteroatoms. The van der Waals surface area contributed by atoms with Crippen LogP contribution in [0.1, 0.15) is 45.5 Å². The van der Waals surface area contributed by atoms with Gasteiger partial charge in [-0.15, -0.1) is 0 Å². The highest BCUT2D eigenvalue weighted by molar-refractivity contribution is 5.95. The summed E-state index contributed by atoms with van der Waals surface area (Å²) in [5.74, 6) is -2.23. The maximum Gasteiger partial charge on any atom is 0.255 e. The number of primary amides is 1. The van der Waals surface area contributed by atoms with Crippen molar-refractivity contribution in [1.82, 2.24) is 24.1 Å². The molecule has 2 amide bonds. The second-order valence-electron chi connectivity index (χ2n) is 11.9. The zero-order valence-corrected chi connectivity index (χ0v) is 23.9. The molecule has 1 saturated heterocycles. The van der Waals surface area contributed by atoms with Crippen molar-refractivity contribution in [2.24, 2.45) is 17.4 Å². The van der Waals surface area contributed by atoms with Crippen LogP contribution in [0.5, 0.6) is 0 Å². The number of fused-ring (bicyclic) bond motifs is 2. The lowest BCUT2D eigenvalue weighted by Crippen LogP contribution is -2.50. The van der Waals surface area contributed by atoms with E-state index < -0.39 is 35.7 Å². The summed E-state index contributed by atoms with van der Waals surface area (Å²) >= 11 is 0. The van der Waals surface area contributed by atoms with Gasteiger partial charge in [-0.25, -0.2) is 22.7 Å². The van der Waals surface area contributed by atoms with Gasteiger partial charge in [0.2, 0.25) is 0 Å². The smallest absolute Gasteiger partial charge is 0.255 e. The molecule has 4 N–H and O–H groups in total. The van der Waals surface area contributed by atoms with Gasteiger partial charge >= 0.3 is 0 Å². The third-order valence-electron chi connectivity index (χ3n) is 8.54. The van der Waals surface area contributed by atoms with Gasteiger partial charge in [0.15, 0.2) is 0 Å². The number of hydrogen-bond donors (Lipinski definition) is 2. The van der Waals surface area contributed by atoms with E-state index in [2.05, 4.69) is 4.57 Å². The molecule has 0 unspecified atom stereocenters. The number of likely N-dealkylation sites (tertiary alicyclic amines) is 1. The van der Waals surface area contributed by atoms with Crippen LogP contribution in [-0.4, -0.2) is 61.2 Å². The normalized spacial score (nSPS) is 18.8. The largest absolute Gasteiger partial charge is 0.366 e. The molecule has 0 spiro atoms. The van der Waals surface area contributed by atoms with E-state index in [1.54, 1.807) is 19.1 Å². The minimum Gasteiger partial charge on any atom is -0.366 e. The van der Waals surface area contributed by atoms with Crippen LogP contribution < -0.4 is 11.5 Å². The maximum atomic E-state index is 15.6. The first-order chi connectivity index (χ1) is 21.1. The lowest BCUT2D eigenvalue weighted by molar-refractivity contribution is 0.0605. The Morgan fingerprint density at radius 3 is 2.55 bits per heavy atom. The highest BCUT2D eigenvalue weighted by Crippen LogP contribution is 2.37. The zero-order valence-electron chi connectivity index (χ0n) is 23.9. The molecular weight excluding hydrogens is 571 g/mol. The SMILES string of the molecule is Cc1c(-c2cc3ccc(-c4ccc(C(N)=O)c(F)c4)nc3n2CC2CC2)nn2cc(C(=O)N3C[C@H](N)C[C@@H](F)C3)cc(F)c12. The number of carbonyl (C=O) groups excluding carboxylic acids is 2. The lowest BCUT2D eigenvalue weighted by atomic mass is 10.0. The molecule has 0 radical (unpaired) electrons. The van der Waals surface area contributed by atoms with E-state index in [0.717, 1.165) is 23.9 Å². The van der Waals surface area contributed by atoms with Crippen molar-refractivity contribution in [3.8, 4) is 22.6 Å². The highest BCUT2D eigenvalue weighted by atomic mass is 19.1. The average molecular weight is 602 g/mol. The van der Waals surface area contributed by atoms with Crippen LogP contribution in [0.15, 0.2) is 48.7 Å². The van der Waals surface area contributed by atoms with Crippen molar-refractivity contribution in [3.05, 3.63) is 77.0 Å². The topological polar surface area (TPSA) is 125 Å². The van der Waals surface area contributed by atoms with Crippen LogP contribution in [-0.2, 0) is 6.54 Å². The average Bonchev–Trinajstić information content (AvgIpc) is 3.64. The van der Waals surface area contributed by atoms with Crippen molar-refractivity contribution in [3.63, 3.8) is 0 Å². The number of nitrogens with zero attached hydrogens (tertiary/aromatic N) is 5. The number of amides is 2. The van der Waals surface area contributed by atoms with Gasteiger partial charge in [-0.1, -0.05) is 6.07 Å². The first kappa shape index (κ1) is 28.1. The summed E-state index contributed by atoms with van der Waals surface area (Å²) in [6.45, 7) is 2.55. The number of benzene rings is 1. The van der Waals surface area contributed by atoms with Crippen LogP contribution in [0.4, 0.5) is 13.2 Å². The molecule has 2 aliphatic rings. The number of rotatable bonds is 6. The van der Waals surface area contributed by atoms with E-state index in [-0.39, 0.29) is 36.2 Å². The number of nitrogens with two attached hydrogens (primary N) is 2. The zero-order chi connectivity index (χ0) is 30.9. The van der Waals surface area contributed by atoms with Crippen LogP contribution in [0.3, 0.4) is 0 Å². The predicted molar refractivity (Wildman–Crippen MR) is 159 cm³/mol. The van der Waals surface area contributed by atoms with Gasteiger partial charge in [-0.3, -0.25) is 9.59 Å². The van der Waals surface area contributed by atoms with E-state index in [4.69, 9.17) is 21.5 Å². The standard InChI is InChI=1S/C32H30F3N7O2/c1-16-28(39-42-13-20(9-25(35)29(16)42)32(44)40-14-21(33)11-22(36)15-40)27-10-19-5-7-26(38-31(19)41(27)12-17-2-3-17)18-4-6-23(30(37)43)24(34)8-18/h4-10,13,17,21-22H,2-3,11-12,14-15,36H2,1H3,(H2,37,43)/t21-,22-/m1/s1. The summed E-state index contributed by atoms with van der Waals surface area (Å²) in [7, 11) is 0. The second-order valence-corrected chi connectivity index (χ2v) is 11.9. The molecule has 4 aromatic heterocycles. The number of aromatic nitrogens is 4. The Balaban J connectivity index is 1.31. The van der Waals surface area contributed by atoms with Crippen molar-refractivity contribution >= 4 is 28.4 Å². The van der Waals surface area contributed by atoms with Crippen LogP contribution in [0.2, 0.25) is 0 Å². The molecule has 2 fully saturated rings. The Labute approximate surface area is 250 Å². The van der Waals surface area contributed by atoms with Crippen molar-refractivity contribution < 1.29 is 22.8 Å². The summed E-state index contributed by atoms with van der Waals surface area (Å²) in [5.41, 5.74) is 14.8. The molecule has 1 aliphatic carbocycles. The van der Waals surface area contributed by atoms with Crippen LogP contribution in [0.25, 0.3) is 39.2 Å². The van der Waals surface area contributed by atoms with Crippen molar-refractivity contribution in [2.45, 2.75) is 44.9 Å². The van der Waals surface area contributed by atoms with E-state index in [1.807, 2.05) is 12.1 Å². The highest BCUT2D eigenvalue weighted by Gasteiger charge is 2.30. The molecular formula is C32H30F3N7O2. The fourth-order valence-electron chi connectivity index (χ4n) is 6.16. The van der Waals surface area contributed by atoms with Gasteiger partial charge in [-0.05, 0) is 68.5 Å². The number of carbonyl (C=O) groups is 2. The molecule has 9 nitrogen and oxygen atoms in total. The molecule has 226 valence electrons. The maximum absolute atomic E-state index is 15.6. The van der Waals surface area contributed by atoms with E-state index in [1.165, 1.54) is 33.8 Å². The number of alkyl halides is 1. The van der Waals surface area contributed by atoms with Crippen LogP contribution in [0, 0.1) is 24.5 Å². The Kier molecular flexibility index (Phi) is 6.69. The summed E-state index contributed by atoms with van der Waals surface area (Å²) in [6, 6.07) is 10.5. The number of aryl methyl sites for hydroxylation is 1. The summed E-state index contributed by atoms with van der Waals surface area (Å²) < 4.78 is 47.7. The summed E-state index contributed by atoms with van der Waals surface area (Å²) in [6.07, 6.45) is 2.57. The fourth-order valence-corrected chi connectivity index (χ4v) is 6.16. The Bertz CT molecular complexity index is 1970. The van der Waals surface area contributed by atoms with Gasteiger partial charge < -0.3 is 20.9 Å². The first-order valence-corrected chi connectivity index (χ1v) is 14.5. The monoisotopic (exact) mass is 601 g/mol. The summed E-state index contributed by atoms with van der Waals surface area (Å²) in [5, 5.41) is 5.56. The molecule has 1 aromatic carbocycles. The van der Waals surface area contributed by atoms with Crippen molar-refractivity contribution in [2.75, 3.05) is 13.1 Å². The Hall–Kier alpha value is -4.71. The quantitative estimate of drug-likeness (QED) is 0.294. The van der Waals surface area contributed by atoms with Gasteiger partial charge in [0, 0.05) is 41.8 Å². The predicted octanol–water partition coefficient (Wildman–Crippen LogP) is 4.62. The Morgan fingerprint density at radius 1 is 1.05 bits per heavy atom. The van der Waals surface area contributed by atoms with Gasteiger partial charge in [0.25, 0.3) is 11.8 Å². The second kappa shape index (κ2) is 10.5. The molecule has 5 aromatic rings. The third-order valence-corrected chi connectivity index (χ3v) is 8.54. The molecule has 5 heterocycles. The van der Waals surface area contributed by atoms with E-state index >= 15 is 4.39 Å².